The minimum absolute atomic E-state index is 0.200. The first-order chi connectivity index (χ1) is 15.5. The monoisotopic (exact) mass is 432 g/mol. The highest BCUT2D eigenvalue weighted by Crippen LogP contribution is 2.40. The van der Waals surface area contributed by atoms with Crippen LogP contribution in [0.4, 0.5) is 8.78 Å². The van der Waals surface area contributed by atoms with Crippen molar-refractivity contribution >= 4 is 0 Å². The van der Waals surface area contributed by atoms with Gasteiger partial charge in [0, 0.05) is 5.56 Å². The summed E-state index contributed by atoms with van der Waals surface area (Å²) in [7, 11) is 0. The molecule has 0 amide bonds. The van der Waals surface area contributed by atoms with Crippen molar-refractivity contribution in [1.82, 2.24) is 0 Å². The molecule has 1 atom stereocenters. The first kappa shape index (κ1) is 22.7. The molecule has 32 heavy (non-hydrogen) atoms. The van der Waals surface area contributed by atoms with E-state index >= 15 is 0 Å². The largest absolute Gasteiger partial charge is 0.207 e. The summed E-state index contributed by atoms with van der Waals surface area (Å²) >= 11 is 0. The van der Waals surface area contributed by atoms with Gasteiger partial charge in [-0.05, 0) is 90.7 Å². The first-order valence-electron chi connectivity index (χ1n) is 12.2. The first-order valence-corrected chi connectivity index (χ1v) is 12.2. The third kappa shape index (κ3) is 5.28. The van der Waals surface area contributed by atoms with E-state index in [1.807, 2.05) is 19.1 Å². The Balaban J connectivity index is 1.36. The molecule has 3 aromatic rings. The van der Waals surface area contributed by atoms with Crippen molar-refractivity contribution in [1.29, 1.82) is 0 Å². The zero-order valence-electron chi connectivity index (χ0n) is 19.3. The van der Waals surface area contributed by atoms with Crippen molar-refractivity contribution in [2.24, 2.45) is 5.92 Å². The number of rotatable bonds is 7. The van der Waals surface area contributed by atoms with E-state index in [0.29, 0.717) is 23.8 Å². The maximum absolute atomic E-state index is 14.3. The summed E-state index contributed by atoms with van der Waals surface area (Å²) in [5.74, 6) is 1.13. The maximum atomic E-state index is 14.3. The summed E-state index contributed by atoms with van der Waals surface area (Å²) in [5, 5.41) is 0. The van der Waals surface area contributed by atoms with E-state index < -0.39 is 11.6 Å². The van der Waals surface area contributed by atoms with Gasteiger partial charge < -0.3 is 0 Å². The minimum atomic E-state index is -0.436. The molecule has 0 aliphatic heterocycles. The third-order valence-corrected chi connectivity index (χ3v) is 7.26. The number of halogens is 2. The Morgan fingerprint density at radius 3 is 2.03 bits per heavy atom. The van der Waals surface area contributed by atoms with E-state index in [4.69, 9.17) is 0 Å². The second-order valence-electron chi connectivity index (χ2n) is 9.56. The van der Waals surface area contributed by atoms with E-state index in [1.54, 1.807) is 0 Å². The molecule has 2 heteroatoms. The van der Waals surface area contributed by atoms with Crippen LogP contribution in [0.2, 0.25) is 0 Å². The molecule has 4 rings (SSSR count). The predicted molar refractivity (Wildman–Crippen MR) is 130 cm³/mol. The summed E-state index contributed by atoms with van der Waals surface area (Å²) < 4.78 is 28.7. The summed E-state index contributed by atoms with van der Waals surface area (Å²) in [6.07, 6.45) is 7.43. The van der Waals surface area contributed by atoms with Crippen molar-refractivity contribution in [3.8, 4) is 11.1 Å². The SMILES string of the molecule is CCCc1c(F)cc(-c2ccc(C3CCC(C[C@H](C)c4ccccc4)CC3)cc2)cc1F. The third-order valence-electron chi connectivity index (χ3n) is 7.26. The van der Waals surface area contributed by atoms with Crippen LogP contribution in [0, 0.1) is 17.6 Å². The van der Waals surface area contributed by atoms with Crippen LogP contribution in [0.25, 0.3) is 11.1 Å². The van der Waals surface area contributed by atoms with E-state index in [9.17, 15) is 8.78 Å². The number of hydrogen-bond donors (Lipinski definition) is 0. The van der Waals surface area contributed by atoms with Crippen LogP contribution >= 0.6 is 0 Å². The molecule has 0 bridgehead atoms. The molecule has 1 aliphatic rings. The molecular weight excluding hydrogens is 398 g/mol. The van der Waals surface area contributed by atoms with Crippen molar-refractivity contribution in [3.05, 3.63) is 95.1 Å². The molecule has 168 valence electrons. The molecule has 0 saturated heterocycles. The van der Waals surface area contributed by atoms with Crippen molar-refractivity contribution in [3.63, 3.8) is 0 Å². The number of hydrogen-bond acceptors (Lipinski definition) is 0. The van der Waals surface area contributed by atoms with Gasteiger partial charge in [-0.3, -0.25) is 0 Å². The fourth-order valence-corrected chi connectivity index (χ4v) is 5.36. The second kappa shape index (κ2) is 10.4. The van der Waals surface area contributed by atoms with Gasteiger partial charge in [0.15, 0.2) is 0 Å². The lowest BCUT2D eigenvalue weighted by molar-refractivity contribution is 0.297. The Labute approximate surface area is 191 Å². The van der Waals surface area contributed by atoms with Gasteiger partial charge in [-0.25, -0.2) is 8.78 Å². The summed E-state index contributed by atoms with van der Waals surface area (Å²) in [6.45, 7) is 4.28. The summed E-state index contributed by atoms with van der Waals surface area (Å²) in [4.78, 5) is 0. The average molecular weight is 433 g/mol. The molecule has 0 spiro atoms. The molecule has 0 radical (unpaired) electrons. The lowest BCUT2D eigenvalue weighted by Gasteiger charge is -2.30. The molecule has 1 aliphatic carbocycles. The Hall–Kier alpha value is -2.48. The Morgan fingerprint density at radius 1 is 0.812 bits per heavy atom. The molecule has 0 N–H and O–H groups in total. The lowest BCUT2D eigenvalue weighted by atomic mass is 9.75. The minimum Gasteiger partial charge on any atom is -0.207 e. The van der Waals surface area contributed by atoms with Crippen LogP contribution in [-0.2, 0) is 6.42 Å². The summed E-state index contributed by atoms with van der Waals surface area (Å²) in [6, 6.07) is 22.1. The molecule has 0 aromatic heterocycles. The fraction of sp³-hybridized carbons (Fsp3) is 0.400. The van der Waals surface area contributed by atoms with E-state index in [0.717, 1.165) is 17.9 Å². The van der Waals surface area contributed by atoms with Crippen LogP contribution in [0.5, 0.6) is 0 Å². The smallest absolute Gasteiger partial charge is 0.129 e. The van der Waals surface area contributed by atoms with Crippen LogP contribution < -0.4 is 0 Å². The predicted octanol–water partition coefficient (Wildman–Crippen LogP) is 9.05. The molecule has 0 unspecified atom stereocenters. The molecule has 0 nitrogen and oxygen atoms in total. The average Bonchev–Trinajstić information content (AvgIpc) is 2.82. The summed E-state index contributed by atoms with van der Waals surface area (Å²) in [5.41, 5.74) is 4.49. The van der Waals surface area contributed by atoms with Crippen molar-refractivity contribution in [2.75, 3.05) is 0 Å². The van der Waals surface area contributed by atoms with Crippen molar-refractivity contribution < 1.29 is 8.78 Å². The highest BCUT2D eigenvalue weighted by Gasteiger charge is 2.24. The maximum Gasteiger partial charge on any atom is 0.129 e. The topological polar surface area (TPSA) is 0 Å². The normalized spacial score (nSPS) is 19.6. The van der Waals surface area contributed by atoms with Gasteiger partial charge in [-0.2, -0.15) is 0 Å². The van der Waals surface area contributed by atoms with Crippen LogP contribution in [0.3, 0.4) is 0 Å². The van der Waals surface area contributed by atoms with Gasteiger partial charge >= 0.3 is 0 Å². The zero-order chi connectivity index (χ0) is 22.5. The van der Waals surface area contributed by atoms with E-state index in [-0.39, 0.29) is 5.56 Å². The Kier molecular flexibility index (Phi) is 7.40. The zero-order valence-corrected chi connectivity index (χ0v) is 19.3. The van der Waals surface area contributed by atoms with Gasteiger partial charge in [-0.15, -0.1) is 0 Å². The van der Waals surface area contributed by atoms with Crippen molar-refractivity contribution in [2.45, 2.75) is 70.6 Å². The van der Waals surface area contributed by atoms with Gasteiger partial charge in [0.1, 0.15) is 11.6 Å². The Bertz CT molecular complexity index is 976. The molecule has 1 fully saturated rings. The highest BCUT2D eigenvalue weighted by molar-refractivity contribution is 5.64. The lowest BCUT2D eigenvalue weighted by Crippen LogP contribution is -2.15. The molecule has 1 saturated carbocycles. The van der Waals surface area contributed by atoms with Gasteiger partial charge in [0.25, 0.3) is 0 Å². The molecule has 3 aromatic carbocycles. The van der Waals surface area contributed by atoms with Gasteiger partial charge in [-0.1, -0.05) is 74.9 Å². The van der Waals surface area contributed by atoms with E-state index in [2.05, 4.69) is 49.4 Å². The van der Waals surface area contributed by atoms with E-state index in [1.165, 1.54) is 55.4 Å². The standard InChI is InChI=1S/C30H34F2/c1-3-7-28-29(31)19-27(20-30(28)32)26-16-14-25(15-17-26)24-12-10-22(11-13-24)18-21(2)23-8-5-4-6-9-23/h4-6,8-9,14-17,19-22,24H,3,7,10-13,18H2,1-2H3/t21-,22?,24?/m0/s1. The molecular formula is C30H34F2. The number of benzene rings is 3. The van der Waals surface area contributed by atoms with Crippen LogP contribution in [0.15, 0.2) is 66.7 Å². The second-order valence-corrected chi connectivity index (χ2v) is 9.56. The van der Waals surface area contributed by atoms with Crippen LogP contribution in [-0.4, -0.2) is 0 Å². The van der Waals surface area contributed by atoms with Gasteiger partial charge in [0.2, 0.25) is 0 Å². The Morgan fingerprint density at radius 2 is 1.44 bits per heavy atom. The van der Waals surface area contributed by atoms with Crippen LogP contribution in [0.1, 0.15) is 80.9 Å². The highest BCUT2D eigenvalue weighted by atomic mass is 19.1. The fourth-order valence-electron chi connectivity index (χ4n) is 5.36. The quantitative estimate of drug-likeness (QED) is 0.349. The molecule has 0 heterocycles. The van der Waals surface area contributed by atoms with Gasteiger partial charge in [0.05, 0.1) is 0 Å².